The smallest absolute Gasteiger partial charge is 0.350 e. The van der Waals surface area contributed by atoms with Gasteiger partial charge in [0.1, 0.15) is 0 Å². The molecule has 0 aromatic heterocycles. The summed E-state index contributed by atoms with van der Waals surface area (Å²) in [5.74, 6) is 0.370. The number of benzene rings is 1. The largest absolute Gasteiger partial charge is 0.493 e. The molecule has 1 unspecified atom stereocenters. The van der Waals surface area contributed by atoms with Crippen LogP contribution in [0, 0.1) is 5.92 Å². The normalized spacial score (nSPS) is 17.5. The highest BCUT2D eigenvalue weighted by molar-refractivity contribution is 6.21. The number of methoxy groups -OCH3 is 2. The Morgan fingerprint density at radius 2 is 1.97 bits per heavy atom. The molecule has 2 aliphatic rings. The summed E-state index contributed by atoms with van der Waals surface area (Å²) in [5, 5.41) is 2.86. The van der Waals surface area contributed by atoms with Gasteiger partial charge in [0.2, 0.25) is 11.8 Å². The lowest BCUT2D eigenvalue weighted by Gasteiger charge is -2.28. The molecule has 30 heavy (non-hydrogen) atoms. The van der Waals surface area contributed by atoms with Crippen molar-refractivity contribution in [3.63, 3.8) is 0 Å². The number of hydrogen-bond acceptors (Lipinski definition) is 5. The van der Waals surface area contributed by atoms with Gasteiger partial charge in [-0.25, -0.2) is 4.79 Å². The standard InChI is InChI=1S/C22H25N3O5/c1-29-18-10-9-15(14-19(18)30-2)11-12-23-20(26)8-5-13-25-21(27)16-6-3-4-7-17(16)24-22(25)28/h3-4,6-7,9-10,14,16H,5,8,11-13H2,1-2H3,(H,23,26). The highest BCUT2D eigenvalue weighted by atomic mass is 16.5. The molecule has 0 saturated carbocycles. The first-order valence-electron chi connectivity index (χ1n) is 9.80. The predicted octanol–water partition coefficient (Wildman–Crippen LogP) is 2.29. The fourth-order valence-corrected chi connectivity index (χ4v) is 3.35. The quantitative estimate of drug-likeness (QED) is 0.672. The van der Waals surface area contributed by atoms with Crippen LogP contribution >= 0.6 is 0 Å². The predicted molar refractivity (Wildman–Crippen MR) is 112 cm³/mol. The number of ether oxygens (including phenoxy) is 2. The van der Waals surface area contributed by atoms with E-state index in [-0.39, 0.29) is 24.8 Å². The number of nitrogens with one attached hydrogen (secondary N) is 1. The summed E-state index contributed by atoms with van der Waals surface area (Å²) in [5.41, 5.74) is 1.48. The first kappa shape index (κ1) is 21.3. The summed E-state index contributed by atoms with van der Waals surface area (Å²) in [7, 11) is 3.16. The van der Waals surface area contributed by atoms with E-state index in [9.17, 15) is 14.4 Å². The lowest BCUT2D eigenvalue weighted by Crippen LogP contribution is -2.46. The molecule has 8 heteroatoms. The van der Waals surface area contributed by atoms with Gasteiger partial charge in [0.05, 0.1) is 25.8 Å². The van der Waals surface area contributed by atoms with Gasteiger partial charge in [0.15, 0.2) is 11.5 Å². The van der Waals surface area contributed by atoms with Crippen LogP contribution in [0.5, 0.6) is 11.5 Å². The molecule has 1 heterocycles. The molecular weight excluding hydrogens is 386 g/mol. The molecule has 1 aromatic rings. The molecule has 0 bridgehead atoms. The summed E-state index contributed by atoms with van der Waals surface area (Å²) in [6.45, 7) is 0.647. The van der Waals surface area contributed by atoms with Crippen molar-refractivity contribution < 1.29 is 23.9 Å². The number of urea groups is 1. The third-order valence-electron chi connectivity index (χ3n) is 4.96. The van der Waals surface area contributed by atoms with Crippen LogP contribution in [-0.2, 0) is 16.0 Å². The third kappa shape index (κ3) is 4.94. The Morgan fingerprint density at radius 1 is 1.17 bits per heavy atom. The molecule has 4 amide bonds. The van der Waals surface area contributed by atoms with Gasteiger partial charge in [0.25, 0.3) is 0 Å². The second-order valence-corrected chi connectivity index (χ2v) is 6.92. The first-order valence-corrected chi connectivity index (χ1v) is 9.80. The molecule has 1 aromatic carbocycles. The number of rotatable bonds is 9. The number of aliphatic imine (C=N–C) groups is 1. The minimum atomic E-state index is -0.569. The molecule has 1 aliphatic heterocycles. The molecule has 0 fully saturated rings. The van der Waals surface area contributed by atoms with E-state index in [1.165, 1.54) is 0 Å². The van der Waals surface area contributed by atoms with E-state index in [0.29, 0.717) is 36.6 Å². The fraction of sp³-hybridized carbons (Fsp3) is 0.364. The van der Waals surface area contributed by atoms with E-state index < -0.39 is 11.9 Å². The molecule has 8 nitrogen and oxygen atoms in total. The van der Waals surface area contributed by atoms with Crippen molar-refractivity contribution in [3.05, 3.63) is 48.1 Å². The van der Waals surface area contributed by atoms with Crippen molar-refractivity contribution in [2.24, 2.45) is 10.9 Å². The van der Waals surface area contributed by atoms with Crippen molar-refractivity contribution in [2.45, 2.75) is 19.3 Å². The number of allylic oxidation sites excluding steroid dienone is 3. The van der Waals surface area contributed by atoms with Crippen molar-refractivity contribution in [1.29, 1.82) is 0 Å². The van der Waals surface area contributed by atoms with Crippen molar-refractivity contribution in [3.8, 4) is 11.5 Å². The van der Waals surface area contributed by atoms with Gasteiger partial charge in [-0.1, -0.05) is 24.3 Å². The highest BCUT2D eigenvalue weighted by Crippen LogP contribution is 2.27. The molecule has 1 N–H and O–H groups in total. The van der Waals surface area contributed by atoms with Crippen LogP contribution in [0.3, 0.4) is 0 Å². The molecular formula is C22H25N3O5. The highest BCUT2D eigenvalue weighted by Gasteiger charge is 2.35. The maximum absolute atomic E-state index is 12.5. The SMILES string of the molecule is COc1ccc(CCNC(=O)CCCN2C(=O)N=C3C=CC=CC3C2=O)cc1OC. The van der Waals surface area contributed by atoms with Gasteiger partial charge in [-0.15, -0.1) is 0 Å². The molecule has 1 atom stereocenters. The van der Waals surface area contributed by atoms with E-state index >= 15 is 0 Å². The summed E-state index contributed by atoms with van der Waals surface area (Å²) < 4.78 is 10.5. The van der Waals surface area contributed by atoms with Gasteiger partial charge in [-0.3, -0.25) is 14.5 Å². The number of carbonyl (C=O) groups is 3. The first-order chi connectivity index (χ1) is 14.5. The van der Waals surface area contributed by atoms with Gasteiger partial charge in [-0.05, 0) is 36.6 Å². The Balaban J connectivity index is 1.42. The minimum absolute atomic E-state index is 0.128. The Hall–Kier alpha value is -3.42. The average molecular weight is 411 g/mol. The molecule has 1 aliphatic carbocycles. The van der Waals surface area contributed by atoms with E-state index in [2.05, 4.69) is 10.3 Å². The molecule has 158 valence electrons. The zero-order valence-electron chi connectivity index (χ0n) is 17.1. The van der Waals surface area contributed by atoms with E-state index in [1.54, 1.807) is 38.5 Å². The second kappa shape index (κ2) is 9.87. The van der Waals surface area contributed by atoms with Crippen LogP contribution < -0.4 is 14.8 Å². The Morgan fingerprint density at radius 3 is 2.73 bits per heavy atom. The number of carbonyl (C=O) groups excluding carboxylic acids is 3. The number of nitrogens with zero attached hydrogens (tertiary/aromatic N) is 2. The Kier molecular flexibility index (Phi) is 7.00. The maximum atomic E-state index is 12.5. The summed E-state index contributed by atoms with van der Waals surface area (Å²) >= 11 is 0. The average Bonchev–Trinajstić information content (AvgIpc) is 2.75. The van der Waals surface area contributed by atoms with Crippen LogP contribution in [0.1, 0.15) is 18.4 Å². The van der Waals surface area contributed by atoms with E-state index in [4.69, 9.17) is 9.47 Å². The van der Waals surface area contributed by atoms with Crippen LogP contribution in [0.4, 0.5) is 4.79 Å². The second-order valence-electron chi connectivity index (χ2n) is 6.92. The van der Waals surface area contributed by atoms with Crippen molar-refractivity contribution in [2.75, 3.05) is 27.3 Å². The third-order valence-corrected chi connectivity index (χ3v) is 4.96. The van der Waals surface area contributed by atoms with Crippen molar-refractivity contribution >= 4 is 23.6 Å². The van der Waals surface area contributed by atoms with Crippen LogP contribution in [0.25, 0.3) is 0 Å². The Bertz CT molecular complexity index is 919. The maximum Gasteiger partial charge on any atom is 0.350 e. The number of hydrogen-bond donors (Lipinski definition) is 1. The monoisotopic (exact) mass is 411 g/mol. The molecule has 3 rings (SSSR count). The molecule has 0 radical (unpaired) electrons. The number of fused-ring (bicyclic) bond motifs is 1. The van der Waals surface area contributed by atoms with E-state index in [0.717, 1.165) is 10.5 Å². The lowest BCUT2D eigenvalue weighted by molar-refractivity contribution is -0.130. The van der Waals surface area contributed by atoms with Gasteiger partial charge < -0.3 is 14.8 Å². The molecule has 0 saturated heterocycles. The van der Waals surface area contributed by atoms with Crippen LogP contribution in [0.15, 0.2) is 47.5 Å². The minimum Gasteiger partial charge on any atom is -0.493 e. The van der Waals surface area contributed by atoms with Gasteiger partial charge in [0, 0.05) is 19.5 Å². The van der Waals surface area contributed by atoms with E-state index in [1.807, 2.05) is 18.2 Å². The number of imide groups is 1. The topological polar surface area (TPSA) is 97.3 Å². The number of amides is 4. The molecule has 0 spiro atoms. The summed E-state index contributed by atoms with van der Waals surface area (Å²) in [4.78, 5) is 41.8. The zero-order chi connectivity index (χ0) is 21.5. The van der Waals surface area contributed by atoms with Crippen LogP contribution in [-0.4, -0.2) is 55.8 Å². The van der Waals surface area contributed by atoms with Gasteiger partial charge >= 0.3 is 6.03 Å². The summed E-state index contributed by atoms with van der Waals surface area (Å²) in [6, 6.07) is 5.06. The van der Waals surface area contributed by atoms with Crippen molar-refractivity contribution in [1.82, 2.24) is 10.2 Å². The lowest BCUT2D eigenvalue weighted by atomic mass is 9.95. The fourth-order valence-electron chi connectivity index (χ4n) is 3.35. The van der Waals surface area contributed by atoms with Gasteiger partial charge in [-0.2, -0.15) is 4.99 Å². The van der Waals surface area contributed by atoms with Crippen LogP contribution in [0.2, 0.25) is 0 Å². The summed E-state index contributed by atoms with van der Waals surface area (Å²) in [6.07, 6.45) is 8.16. The zero-order valence-corrected chi connectivity index (χ0v) is 17.1. The Labute approximate surface area is 175 Å².